The van der Waals surface area contributed by atoms with Crippen LogP contribution in [0.25, 0.3) is 22.8 Å². The number of nitrogen functional groups attached to an aromatic ring is 1. The Bertz CT molecular complexity index is 1060. The van der Waals surface area contributed by atoms with Crippen molar-refractivity contribution >= 4 is 23.1 Å². The first-order chi connectivity index (χ1) is 13.4. The molecule has 0 amide bonds. The highest BCUT2D eigenvalue weighted by Crippen LogP contribution is 2.28. The van der Waals surface area contributed by atoms with Crippen molar-refractivity contribution in [3.05, 3.63) is 52.5 Å². The summed E-state index contributed by atoms with van der Waals surface area (Å²) in [5.74, 6) is 8.40. The molecule has 0 aliphatic carbocycles. The number of hydrogen-bond donors (Lipinski definition) is 1. The summed E-state index contributed by atoms with van der Waals surface area (Å²) in [6.07, 6.45) is 0. The normalized spacial score (nSPS) is 11.8. The average Bonchev–Trinajstić information content (AvgIpc) is 3.40. The zero-order chi connectivity index (χ0) is 19.7. The fourth-order valence-corrected chi connectivity index (χ4v) is 3.97. The lowest BCUT2D eigenvalue weighted by atomic mass is 9.87. The van der Waals surface area contributed by atoms with Crippen molar-refractivity contribution in [1.29, 1.82) is 0 Å². The van der Waals surface area contributed by atoms with Gasteiger partial charge in [0.2, 0.25) is 16.9 Å². The number of thioether (sulfide) groups is 1. The molecule has 0 atom stereocenters. The molecule has 4 rings (SSSR count). The Morgan fingerprint density at radius 2 is 1.89 bits per heavy atom. The summed E-state index contributed by atoms with van der Waals surface area (Å²) < 4.78 is 6.80. The van der Waals surface area contributed by atoms with Gasteiger partial charge in [0.15, 0.2) is 5.82 Å². The first-order valence-electron chi connectivity index (χ1n) is 8.71. The Morgan fingerprint density at radius 1 is 1.11 bits per heavy atom. The van der Waals surface area contributed by atoms with Gasteiger partial charge in [-0.1, -0.05) is 62.0 Å². The predicted octanol–water partition coefficient (Wildman–Crippen LogP) is 4.36. The summed E-state index contributed by atoms with van der Waals surface area (Å²) in [6, 6.07) is 10.2. The third kappa shape index (κ3) is 3.81. The van der Waals surface area contributed by atoms with Crippen LogP contribution in [0.15, 0.2) is 50.8 Å². The molecular weight excluding hydrogens is 392 g/mol. The molecule has 0 unspecified atom stereocenters. The summed E-state index contributed by atoms with van der Waals surface area (Å²) >= 11 is 3.00. The van der Waals surface area contributed by atoms with E-state index in [-0.39, 0.29) is 5.41 Å². The van der Waals surface area contributed by atoms with E-state index in [9.17, 15) is 0 Å². The lowest BCUT2D eigenvalue weighted by molar-refractivity contribution is 0.391. The maximum atomic E-state index is 6.21. The average molecular weight is 413 g/mol. The van der Waals surface area contributed by atoms with Crippen LogP contribution in [-0.4, -0.2) is 25.0 Å². The van der Waals surface area contributed by atoms with E-state index < -0.39 is 0 Å². The van der Waals surface area contributed by atoms with Crippen LogP contribution in [0.5, 0.6) is 0 Å². The summed E-state index contributed by atoms with van der Waals surface area (Å²) in [4.78, 5) is 4.40. The highest BCUT2D eigenvalue weighted by Gasteiger charge is 2.17. The minimum Gasteiger partial charge on any atom is -0.338 e. The van der Waals surface area contributed by atoms with Gasteiger partial charge in [-0.3, -0.25) is 0 Å². The maximum Gasteiger partial charge on any atom is 0.237 e. The molecule has 2 N–H and O–H groups in total. The second kappa shape index (κ2) is 7.40. The Labute approximate surface area is 171 Å². The zero-order valence-electron chi connectivity index (χ0n) is 15.8. The molecule has 0 aliphatic rings. The van der Waals surface area contributed by atoms with Crippen LogP contribution in [0.2, 0.25) is 0 Å². The number of nitrogens with two attached hydrogens (primary N) is 1. The maximum absolute atomic E-state index is 6.21. The van der Waals surface area contributed by atoms with Gasteiger partial charge in [0.25, 0.3) is 0 Å². The van der Waals surface area contributed by atoms with Crippen LogP contribution < -0.4 is 5.84 Å². The van der Waals surface area contributed by atoms with E-state index in [4.69, 9.17) is 10.4 Å². The van der Waals surface area contributed by atoms with Crippen molar-refractivity contribution in [3.63, 3.8) is 0 Å². The molecular formula is C19H20N6OS2. The van der Waals surface area contributed by atoms with Crippen molar-refractivity contribution in [1.82, 2.24) is 25.0 Å². The first-order valence-corrected chi connectivity index (χ1v) is 10.6. The standard InChI is InChI=1S/C19H20N6OS2/c1-19(2,3)14-6-4-12(5-7-14)17-22-23-18(25(17)20)28-11-15-21-16(24-26-15)13-8-9-27-10-13/h4-10H,11,20H2,1-3H3. The van der Waals surface area contributed by atoms with Crippen molar-refractivity contribution in [3.8, 4) is 22.8 Å². The third-order valence-electron chi connectivity index (χ3n) is 4.25. The van der Waals surface area contributed by atoms with Gasteiger partial charge in [-0.25, -0.2) is 4.68 Å². The van der Waals surface area contributed by atoms with Gasteiger partial charge >= 0.3 is 0 Å². The van der Waals surface area contributed by atoms with Crippen molar-refractivity contribution in [2.24, 2.45) is 0 Å². The van der Waals surface area contributed by atoms with E-state index in [1.807, 2.05) is 29.0 Å². The zero-order valence-corrected chi connectivity index (χ0v) is 17.4. The largest absolute Gasteiger partial charge is 0.338 e. The molecule has 7 nitrogen and oxygen atoms in total. The summed E-state index contributed by atoms with van der Waals surface area (Å²) in [6.45, 7) is 6.55. The predicted molar refractivity (Wildman–Crippen MR) is 111 cm³/mol. The molecule has 3 heterocycles. The third-order valence-corrected chi connectivity index (χ3v) is 5.86. The number of rotatable bonds is 5. The summed E-state index contributed by atoms with van der Waals surface area (Å²) in [5.41, 5.74) is 3.23. The molecule has 0 spiro atoms. The quantitative estimate of drug-likeness (QED) is 0.384. The minimum absolute atomic E-state index is 0.0991. The van der Waals surface area contributed by atoms with Gasteiger partial charge in [-0.05, 0) is 22.4 Å². The fraction of sp³-hybridized carbons (Fsp3) is 0.263. The molecule has 28 heavy (non-hydrogen) atoms. The van der Waals surface area contributed by atoms with E-state index in [2.05, 4.69) is 53.2 Å². The fourth-order valence-electron chi connectivity index (χ4n) is 2.64. The minimum atomic E-state index is 0.0991. The van der Waals surface area contributed by atoms with E-state index in [0.717, 1.165) is 11.1 Å². The summed E-state index contributed by atoms with van der Waals surface area (Å²) in [5, 5.41) is 17.0. The van der Waals surface area contributed by atoms with Crippen LogP contribution in [0.3, 0.4) is 0 Å². The summed E-state index contributed by atoms with van der Waals surface area (Å²) in [7, 11) is 0. The van der Waals surface area contributed by atoms with Gasteiger partial charge in [0.1, 0.15) is 0 Å². The highest BCUT2D eigenvalue weighted by molar-refractivity contribution is 7.98. The molecule has 3 aromatic heterocycles. The van der Waals surface area contributed by atoms with E-state index in [1.54, 1.807) is 11.3 Å². The van der Waals surface area contributed by atoms with Crippen LogP contribution in [0, 0.1) is 0 Å². The molecule has 0 radical (unpaired) electrons. The number of thiophene rings is 1. The highest BCUT2D eigenvalue weighted by atomic mass is 32.2. The molecule has 0 aliphatic heterocycles. The van der Waals surface area contributed by atoms with E-state index >= 15 is 0 Å². The Hall–Kier alpha value is -2.65. The van der Waals surface area contributed by atoms with Crippen LogP contribution in [-0.2, 0) is 11.2 Å². The number of hydrogen-bond acceptors (Lipinski definition) is 8. The van der Waals surface area contributed by atoms with E-state index in [0.29, 0.717) is 28.4 Å². The molecule has 0 saturated heterocycles. The molecule has 4 aromatic rings. The number of nitrogens with zero attached hydrogens (tertiary/aromatic N) is 5. The molecule has 1 aromatic carbocycles. The van der Waals surface area contributed by atoms with E-state index in [1.165, 1.54) is 22.0 Å². The first kappa shape index (κ1) is 18.7. The molecule has 0 saturated carbocycles. The van der Waals surface area contributed by atoms with Crippen molar-refractivity contribution in [2.45, 2.75) is 37.1 Å². The number of benzene rings is 1. The van der Waals surface area contributed by atoms with Gasteiger partial charge in [0, 0.05) is 16.5 Å². The Kier molecular flexibility index (Phi) is 4.94. The SMILES string of the molecule is CC(C)(C)c1ccc(-c2nnc(SCc3nc(-c4ccsc4)no3)n2N)cc1. The van der Waals surface area contributed by atoms with Crippen LogP contribution in [0.4, 0.5) is 0 Å². The van der Waals surface area contributed by atoms with Crippen LogP contribution >= 0.6 is 23.1 Å². The molecule has 0 bridgehead atoms. The smallest absolute Gasteiger partial charge is 0.237 e. The molecule has 0 fully saturated rings. The lowest BCUT2D eigenvalue weighted by Gasteiger charge is -2.19. The second-order valence-corrected chi connectivity index (χ2v) is 9.04. The Balaban J connectivity index is 1.47. The monoisotopic (exact) mass is 412 g/mol. The van der Waals surface area contributed by atoms with Crippen LogP contribution in [0.1, 0.15) is 32.2 Å². The van der Waals surface area contributed by atoms with Crippen molar-refractivity contribution < 1.29 is 4.52 Å². The number of aromatic nitrogens is 5. The topological polar surface area (TPSA) is 95.6 Å². The molecule has 9 heteroatoms. The second-order valence-electron chi connectivity index (χ2n) is 7.32. The van der Waals surface area contributed by atoms with Crippen molar-refractivity contribution in [2.75, 3.05) is 5.84 Å². The van der Waals surface area contributed by atoms with Gasteiger partial charge in [-0.2, -0.15) is 16.3 Å². The van der Waals surface area contributed by atoms with Gasteiger partial charge in [0.05, 0.1) is 5.75 Å². The Morgan fingerprint density at radius 3 is 2.57 bits per heavy atom. The van der Waals surface area contributed by atoms with Gasteiger partial charge in [-0.15, -0.1) is 10.2 Å². The molecule has 144 valence electrons. The van der Waals surface area contributed by atoms with Gasteiger partial charge < -0.3 is 10.4 Å². The lowest BCUT2D eigenvalue weighted by Crippen LogP contribution is -2.12.